The fraction of sp³-hybridized carbons (Fsp3) is 0.571. The van der Waals surface area contributed by atoms with Crippen molar-refractivity contribution in [1.29, 1.82) is 0 Å². The van der Waals surface area contributed by atoms with Crippen molar-refractivity contribution in [3.8, 4) is 0 Å². The smallest absolute Gasteiger partial charge is 0.0880 e. The van der Waals surface area contributed by atoms with Gasteiger partial charge in [0.2, 0.25) is 0 Å². The molecule has 1 atom stereocenters. The Labute approximate surface area is 98.7 Å². The summed E-state index contributed by atoms with van der Waals surface area (Å²) in [6.07, 6.45) is 0.727. The lowest BCUT2D eigenvalue weighted by Crippen LogP contribution is -2.26. The van der Waals surface area contributed by atoms with Crippen LogP contribution in [-0.2, 0) is 5.60 Å². The Kier molecular flexibility index (Phi) is 4.51. The Morgan fingerprint density at radius 2 is 1.81 bits per heavy atom. The molecule has 0 radical (unpaired) electrons. The van der Waals surface area contributed by atoms with E-state index in [1.807, 2.05) is 26.1 Å². The van der Waals surface area contributed by atoms with Crippen LogP contribution in [0.25, 0.3) is 0 Å². The van der Waals surface area contributed by atoms with E-state index >= 15 is 0 Å². The molecular weight excluding hydrogens is 198 g/mol. The molecule has 0 spiro atoms. The molecule has 0 aliphatic heterocycles. The minimum Gasteiger partial charge on any atom is -0.385 e. The largest absolute Gasteiger partial charge is 0.385 e. The van der Waals surface area contributed by atoms with Gasteiger partial charge in [-0.05, 0) is 44.0 Å². The highest BCUT2D eigenvalue weighted by Crippen LogP contribution is 2.25. The fourth-order valence-electron chi connectivity index (χ4n) is 1.74. The molecule has 2 heteroatoms. The zero-order valence-electron chi connectivity index (χ0n) is 10.7. The van der Waals surface area contributed by atoms with E-state index in [0.717, 1.165) is 18.5 Å². The van der Waals surface area contributed by atoms with Crippen molar-refractivity contribution in [2.75, 3.05) is 13.6 Å². The predicted molar refractivity (Wildman–Crippen MR) is 68.6 cm³/mol. The molecule has 1 unspecified atom stereocenters. The first-order chi connectivity index (χ1) is 7.47. The summed E-state index contributed by atoms with van der Waals surface area (Å²) in [6.45, 7) is 7.04. The van der Waals surface area contributed by atoms with Gasteiger partial charge in [0, 0.05) is 0 Å². The van der Waals surface area contributed by atoms with E-state index in [1.54, 1.807) is 0 Å². The van der Waals surface area contributed by atoms with Crippen LogP contribution in [0.4, 0.5) is 0 Å². The molecule has 0 saturated heterocycles. The van der Waals surface area contributed by atoms with E-state index in [1.165, 1.54) is 5.56 Å². The Morgan fingerprint density at radius 3 is 2.25 bits per heavy atom. The van der Waals surface area contributed by atoms with Gasteiger partial charge in [0.15, 0.2) is 0 Å². The van der Waals surface area contributed by atoms with E-state index < -0.39 is 5.60 Å². The lowest BCUT2D eigenvalue weighted by atomic mass is 9.90. The summed E-state index contributed by atoms with van der Waals surface area (Å²) in [7, 11) is 1.90. The third-order valence-electron chi connectivity index (χ3n) is 3.06. The first-order valence-electron chi connectivity index (χ1n) is 5.95. The second kappa shape index (κ2) is 5.46. The average molecular weight is 221 g/mol. The zero-order valence-corrected chi connectivity index (χ0v) is 10.7. The van der Waals surface area contributed by atoms with Gasteiger partial charge in [-0.2, -0.15) is 0 Å². The average Bonchev–Trinajstić information content (AvgIpc) is 2.26. The summed E-state index contributed by atoms with van der Waals surface area (Å²) in [5, 5.41) is 13.4. The molecule has 0 aliphatic carbocycles. The van der Waals surface area contributed by atoms with Gasteiger partial charge in [-0.25, -0.2) is 0 Å². The third-order valence-corrected chi connectivity index (χ3v) is 3.06. The molecule has 0 saturated carbocycles. The van der Waals surface area contributed by atoms with Crippen LogP contribution in [0.1, 0.15) is 44.2 Å². The molecule has 2 N–H and O–H groups in total. The summed E-state index contributed by atoms with van der Waals surface area (Å²) in [5.41, 5.74) is 1.57. The number of hydrogen-bond donors (Lipinski definition) is 2. The van der Waals surface area contributed by atoms with E-state index in [-0.39, 0.29) is 0 Å². The molecule has 0 fully saturated rings. The first-order valence-corrected chi connectivity index (χ1v) is 5.95. The third kappa shape index (κ3) is 3.32. The van der Waals surface area contributed by atoms with Crippen LogP contribution in [-0.4, -0.2) is 18.7 Å². The first kappa shape index (κ1) is 13.2. The number of nitrogens with one attached hydrogen (secondary N) is 1. The fourth-order valence-corrected chi connectivity index (χ4v) is 1.74. The van der Waals surface area contributed by atoms with Crippen molar-refractivity contribution < 1.29 is 5.11 Å². The van der Waals surface area contributed by atoms with Gasteiger partial charge < -0.3 is 10.4 Å². The quantitative estimate of drug-likeness (QED) is 0.801. The second-order valence-corrected chi connectivity index (χ2v) is 4.90. The number of rotatable bonds is 5. The number of benzene rings is 1. The second-order valence-electron chi connectivity index (χ2n) is 4.90. The van der Waals surface area contributed by atoms with Crippen LogP contribution < -0.4 is 5.32 Å². The molecule has 0 aromatic heterocycles. The molecule has 90 valence electrons. The van der Waals surface area contributed by atoms with Gasteiger partial charge in [0.1, 0.15) is 0 Å². The van der Waals surface area contributed by atoms with Gasteiger partial charge >= 0.3 is 0 Å². The summed E-state index contributed by atoms with van der Waals surface area (Å²) in [6, 6.07) is 8.28. The standard InChI is InChI=1S/C14H23NO/c1-11(2)12-5-7-13(8-6-12)14(3,16)9-10-15-4/h5-8,11,15-16H,9-10H2,1-4H3. The molecular formula is C14H23NO. The Balaban J connectivity index is 2.79. The van der Waals surface area contributed by atoms with Gasteiger partial charge in [-0.15, -0.1) is 0 Å². The maximum absolute atomic E-state index is 10.3. The molecule has 2 nitrogen and oxygen atoms in total. The van der Waals surface area contributed by atoms with Crippen molar-refractivity contribution in [3.63, 3.8) is 0 Å². The number of hydrogen-bond acceptors (Lipinski definition) is 2. The van der Waals surface area contributed by atoms with Crippen molar-refractivity contribution in [3.05, 3.63) is 35.4 Å². The van der Waals surface area contributed by atoms with Crippen LogP contribution in [0.15, 0.2) is 24.3 Å². The van der Waals surface area contributed by atoms with Crippen molar-refractivity contribution in [2.45, 2.75) is 38.7 Å². The van der Waals surface area contributed by atoms with Gasteiger partial charge in [-0.3, -0.25) is 0 Å². The highest BCUT2D eigenvalue weighted by Gasteiger charge is 2.21. The molecule has 1 aromatic carbocycles. The topological polar surface area (TPSA) is 32.3 Å². The molecule has 0 aliphatic rings. The SMILES string of the molecule is CNCCC(C)(O)c1ccc(C(C)C)cc1. The minimum atomic E-state index is -0.738. The van der Waals surface area contributed by atoms with Crippen LogP contribution in [0.3, 0.4) is 0 Å². The van der Waals surface area contributed by atoms with E-state index in [2.05, 4.69) is 31.3 Å². The number of aliphatic hydroxyl groups is 1. The Morgan fingerprint density at radius 1 is 1.25 bits per heavy atom. The Hall–Kier alpha value is -0.860. The van der Waals surface area contributed by atoms with Crippen LogP contribution in [0.2, 0.25) is 0 Å². The predicted octanol–water partition coefficient (Wildman–Crippen LogP) is 2.63. The van der Waals surface area contributed by atoms with Crippen molar-refractivity contribution in [2.24, 2.45) is 0 Å². The zero-order chi connectivity index (χ0) is 12.2. The maximum atomic E-state index is 10.3. The lowest BCUT2D eigenvalue weighted by Gasteiger charge is -2.24. The summed E-state index contributed by atoms with van der Waals surface area (Å²) in [4.78, 5) is 0. The van der Waals surface area contributed by atoms with Crippen molar-refractivity contribution >= 4 is 0 Å². The van der Waals surface area contributed by atoms with Crippen molar-refractivity contribution in [1.82, 2.24) is 5.32 Å². The lowest BCUT2D eigenvalue weighted by molar-refractivity contribution is 0.0485. The van der Waals surface area contributed by atoms with E-state index in [4.69, 9.17) is 0 Å². The maximum Gasteiger partial charge on any atom is 0.0880 e. The monoisotopic (exact) mass is 221 g/mol. The normalized spacial score (nSPS) is 15.1. The van der Waals surface area contributed by atoms with Gasteiger partial charge in [0.25, 0.3) is 0 Å². The van der Waals surface area contributed by atoms with Crippen LogP contribution in [0.5, 0.6) is 0 Å². The highest BCUT2D eigenvalue weighted by atomic mass is 16.3. The molecule has 0 bridgehead atoms. The summed E-state index contributed by atoms with van der Waals surface area (Å²) in [5.74, 6) is 0.538. The molecule has 16 heavy (non-hydrogen) atoms. The molecule has 1 aromatic rings. The van der Waals surface area contributed by atoms with E-state index in [9.17, 15) is 5.11 Å². The van der Waals surface area contributed by atoms with Crippen LogP contribution >= 0.6 is 0 Å². The van der Waals surface area contributed by atoms with E-state index in [0.29, 0.717) is 5.92 Å². The highest BCUT2D eigenvalue weighted by molar-refractivity contribution is 5.28. The summed E-state index contributed by atoms with van der Waals surface area (Å²) < 4.78 is 0. The van der Waals surface area contributed by atoms with Gasteiger partial charge in [0.05, 0.1) is 5.60 Å². The Bertz CT molecular complexity index is 314. The molecule has 1 rings (SSSR count). The molecule has 0 heterocycles. The minimum absolute atomic E-state index is 0.538. The summed E-state index contributed by atoms with van der Waals surface area (Å²) >= 11 is 0. The van der Waals surface area contributed by atoms with Gasteiger partial charge in [-0.1, -0.05) is 38.1 Å². The molecule has 0 amide bonds. The van der Waals surface area contributed by atoms with Crippen LogP contribution in [0, 0.1) is 0 Å².